The molecule has 3 amide bonds. The minimum Gasteiger partial charge on any atom is -0.342 e. The Bertz CT molecular complexity index is 563. The molecular formula is C17H23N3O3. The molecule has 23 heavy (non-hydrogen) atoms. The maximum absolute atomic E-state index is 12.2. The number of benzene rings is 1. The third-order valence-corrected chi connectivity index (χ3v) is 4.18. The molecule has 6 nitrogen and oxygen atoms in total. The zero-order valence-electron chi connectivity index (χ0n) is 13.6. The van der Waals surface area contributed by atoms with Crippen LogP contribution in [-0.2, 0) is 20.8 Å². The van der Waals surface area contributed by atoms with E-state index in [0.717, 1.165) is 18.4 Å². The second-order valence-electron chi connectivity index (χ2n) is 5.72. The molecule has 1 aromatic carbocycles. The lowest BCUT2D eigenvalue weighted by Gasteiger charge is -2.32. The van der Waals surface area contributed by atoms with Gasteiger partial charge >= 0.3 is 11.8 Å². The van der Waals surface area contributed by atoms with Crippen LogP contribution in [0.15, 0.2) is 24.3 Å². The van der Waals surface area contributed by atoms with E-state index in [1.54, 1.807) is 4.90 Å². The molecular weight excluding hydrogens is 294 g/mol. The van der Waals surface area contributed by atoms with E-state index in [4.69, 9.17) is 0 Å². The molecule has 1 unspecified atom stereocenters. The van der Waals surface area contributed by atoms with Crippen molar-refractivity contribution in [1.82, 2.24) is 15.1 Å². The lowest BCUT2D eigenvalue weighted by atomic mass is 10.0. The summed E-state index contributed by atoms with van der Waals surface area (Å²) in [5, 5.41) is 2.74. The minimum absolute atomic E-state index is 0.228. The van der Waals surface area contributed by atoms with E-state index < -0.39 is 11.8 Å². The van der Waals surface area contributed by atoms with Gasteiger partial charge in [0, 0.05) is 26.2 Å². The fourth-order valence-electron chi connectivity index (χ4n) is 2.56. The zero-order valence-corrected chi connectivity index (χ0v) is 13.6. The predicted molar refractivity (Wildman–Crippen MR) is 86.6 cm³/mol. The smallest absolute Gasteiger partial charge is 0.312 e. The second-order valence-corrected chi connectivity index (χ2v) is 5.72. The molecule has 0 bridgehead atoms. The molecule has 0 aromatic heterocycles. The van der Waals surface area contributed by atoms with Crippen LogP contribution in [0.5, 0.6) is 0 Å². The zero-order chi connectivity index (χ0) is 16.8. The van der Waals surface area contributed by atoms with Gasteiger partial charge in [-0.15, -0.1) is 0 Å². The average Bonchev–Trinajstić information content (AvgIpc) is 2.61. The summed E-state index contributed by atoms with van der Waals surface area (Å²) >= 11 is 0. The first-order valence-corrected chi connectivity index (χ1v) is 7.93. The van der Waals surface area contributed by atoms with Crippen molar-refractivity contribution in [1.29, 1.82) is 0 Å². The van der Waals surface area contributed by atoms with Gasteiger partial charge in [0.1, 0.15) is 0 Å². The van der Waals surface area contributed by atoms with Gasteiger partial charge in [-0.1, -0.05) is 31.2 Å². The number of piperazine rings is 1. The summed E-state index contributed by atoms with van der Waals surface area (Å²) in [6.07, 6.45) is 1.73. The van der Waals surface area contributed by atoms with Crippen LogP contribution >= 0.6 is 0 Å². The van der Waals surface area contributed by atoms with Crippen LogP contribution in [0.4, 0.5) is 0 Å². The summed E-state index contributed by atoms with van der Waals surface area (Å²) in [4.78, 5) is 38.0. The molecule has 1 atom stereocenters. The van der Waals surface area contributed by atoms with Crippen molar-refractivity contribution in [3.8, 4) is 0 Å². The predicted octanol–water partition coefficient (Wildman–Crippen LogP) is 0.727. The Hall–Kier alpha value is -2.37. The van der Waals surface area contributed by atoms with E-state index in [1.807, 2.05) is 31.2 Å². The van der Waals surface area contributed by atoms with Gasteiger partial charge in [0.2, 0.25) is 6.41 Å². The van der Waals surface area contributed by atoms with Gasteiger partial charge in [0.25, 0.3) is 0 Å². The molecule has 0 aliphatic carbocycles. The van der Waals surface area contributed by atoms with E-state index in [1.165, 1.54) is 10.5 Å². The molecule has 0 radical (unpaired) electrons. The topological polar surface area (TPSA) is 69.7 Å². The van der Waals surface area contributed by atoms with Crippen molar-refractivity contribution in [3.63, 3.8) is 0 Å². The number of hydrogen-bond acceptors (Lipinski definition) is 3. The van der Waals surface area contributed by atoms with Crippen LogP contribution in [0.25, 0.3) is 0 Å². The quantitative estimate of drug-likeness (QED) is 0.657. The Labute approximate surface area is 136 Å². The van der Waals surface area contributed by atoms with E-state index >= 15 is 0 Å². The summed E-state index contributed by atoms with van der Waals surface area (Å²) in [5.41, 5.74) is 2.20. The van der Waals surface area contributed by atoms with Crippen molar-refractivity contribution >= 4 is 18.2 Å². The maximum atomic E-state index is 12.2. The number of hydrogen-bond donors (Lipinski definition) is 1. The summed E-state index contributed by atoms with van der Waals surface area (Å²) < 4.78 is 0. The Balaban J connectivity index is 1.89. The van der Waals surface area contributed by atoms with Crippen LogP contribution in [0.1, 0.15) is 31.0 Å². The summed E-state index contributed by atoms with van der Waals surface area (Å²) in [7, 11) is 0. The largest absolute Gasteiger partial charge is 0.342 e. The van der Waals surface area contributed by atoms with Crippen LogP contribution in [0.3, 0.4) is 0 Å². The highest BCUT2D eigenvalue weighted by molar-refractivity contribution is 6.35. The molecule has 1 aliphatic rings. The number of rotatable bonds is 4. The second kappa shape index (κ2) is 7.76. The van der Waals surface area contributed by atoms with Crippen molar-refractivity contribution in [2.24, 2.45) is 0 Å². The molecule has 0 spiro atoms. The highest BCUT2D eigenvalue weighted by Gasteiger charge is 2.26. The first-order chi connectivity index (χ1) is 11.0. The lowest BCUT2D eigenvalue weighted by Crippen LogP contribution is -2.52. The number of carbonyl (C=O) groups excluding carboxylic acids is 3. The molecule has 1 heterocycles. The highest BCUT2D eigenvalue weighted by Crippen LogP contribution is 2.14. The van der Waals surface area contributed by atoms with Gasteiger partial charge in [-0.3, -0.25) is 14.4 Å². The van der Waals surface area contributed by atoms with E-state index in [0.29, 0.717) is 26.2 Å². The molecule has 2 rings (SSSR count). The van der Waals surface area contributed by atoms with E-state index in [9.17, 15) is 14.4 Å². The lowest BCUT2D eigenvalue weighted by molar-refractivity contribution is -0.147. The number of aryl methyl sites for hydroxylation is 1. The fraction of sp³-hybridized carbons (Fsp3) is 0.471. The van der Waals surface area contributed by atoms with E-state index in [-0.39, 0.29) is 6.04 Å². The Morgan fingerprint density at radius 1 is 1.17 bits per heavy atom. The van der Waals surface area contributed by atoms with Crippen molar-refractivity contribution < 1.29 is 14.4 Å². The molecule has 1 fully saturated rings. The molecule has 1 N–H and O–H groups in total. The van der Waals surface area contributed by atoms with Gasteiger partial charge in [-0.2, -0.15) is 0 Å². The van der Waals surface area contributed by atoms with Crippen LogP contribution in [0, 0.1) is 0 Å². The van der Waals surface area contributed by atoms with Crippen molar-refractivity contribution in [2.45, 2.75) is 26.3 Å². The molecule has 0 saturated carbocycles. The minimum atomic E-state index is -0.600. The number of nitrogens with zero attached hydrogens (tertiary/aromatic N) is 2. The van der Waals surface area contributed by atoms with Crippen LogP contribution < -0.4 is 5.32 Å². The highest BCUT2D eigenvalue weighted by atomic mass is 16.2. The molecule has 1 aliphatic heterocycles. The van der Waals surface area contributed by atoms with Crippen LogP contribution in [-0.4, -0.2) is 54.2 Å². The maximum Gasteiger partial charge on any atom is 0.312 e. The summed E-state index contributed by atoms with van der Waals surface area (Å²) in [6.45, 7) is 5.67. The standard InChI is InChI=1S/C17H23N3O3/c1-3-14-4-6-15(7-5-14)13(2)18-16(22)17(23)20-10-8-19(12-21)9-11-20/h4-7,12-13H,3,8-11H2,1-2H3,(H,18,22). The molecule has 1 aromatic rings. The molecule has 124 valence electrons. The SMILES string of the molecule is CCc1ccc(C(C)NC(=O)C(=O)N2CCN(C=O)CC2)cc1. The monoisotopic (exact) mass is 317 g/mol. The van der Waals surface area contributed by atoms with Gasteiger partial charge in [-0.05, 0) is 24.5 Å². The Morgan fingerprint density at radius 3 is 2.30 bits per heavy atom. The summed E-state index contributed by atoms with van der Waals surface area (Å²) in [5.74, 6) is -1.14. The first-order valence-electron chi connectivity index (χ1n) is 7.93. The fourth-order valence-corrected chi connectivity index (χ4v) is 2.56. The Morgan fingerprint density at radius 2 is 1.78 bits per heavy atom. The third-order valence-electron chi connectivity index (χ3n) is 4.18. The summed E-state index contributed by atoms with van der Waals surface area (Å²) in [6, 6.07) is 7.76. The van der Waals surface area contributed by atoms with Gasteiger partial charge in [-0.25, -0.2) is 0 Å². The number of amides is 3. The van der Waals surface area contributed by atoms with Crippen molar-refractivity contribution in [2.75, 3.05) is 26.2 Å². The third kappa shape index (κ3) is 4.31. The first kappa shape index (κ1) is 17.0. The average molecular weight is 317 g/mol. The van der Waals surface area contributed by atoms with Crippen LogP contribution in [0.2, 0.25) is 0 Å². The van der Waals surface area contributed by atoms with Crippen molar-refractivity contribution in [3.05, 3.63) is 35.4 Å². The van der Waals surface area contributed by atoms with Gasteiger partial charge in [0.05, 0.1) is 6.04 Å². The number of nitrogens with one attached hydrogen (secondary N) is 1. The van der Waals surface area contributed by atoms with Gasteiger partial charge < -0.3 is 15.1 Å². The Kier molecular flexibility index (Phi) is 5.73. The molecule has 1 saturated heterocycles. The van der Waals surface area contributed by atoms with Gasteiger partial charge in [0.15, 0.2) is 0 Å². The normalized spacial score (nSPS) is 15.9. The molecule has 6 heteroatoms. The number of carbonyl (C=O) groups is 3. The van der Waals surface area contributed by atoms with E-state index in [2.05, 4.69) is 12.2 Å².